The molecule has 0 saturated carbocycles. The zero-order valence-electron chi connectivity index (χ0n) is 27.0. The van der Waals surface area contributed by atoms with Crippen LogP contribution in [-0.4, -0.2) is 86.5 Å². The Kier molecular flexibility index (Phi) is 9.76. The molecule has 2 aliphatic heterocycles. The number of fused-ring (bicyclic) bond motifs is 2. The number of hydrogen-bond acceptors (Lipinski definition) is 10. The molecule has 2 fully saturated rings. The third kappa shape index (κ3) is 6.57. The van der Waals surface area contributed by atoms with E-state index < -0.39 is 57.8 Å². The van der Waals surface area contributed by atoms with Crippen LogP contribution < -0.4 is 15.4 Å². The van der Waals surface area contributed by atoms with Crippen LogP contribution in [0.4, 0.5) is 4.79 Å². The van der Waals surface area contributed by atoms with Gasteiger partial charge in [-0.15, -0.1) is 11.8 Å². The molecule has 3 N–H and O–H groups in total. The van der Waals surface area contributed by atoms with E-state index in [4.69, 9.17) is 9.47 Å². The Labute approximate surface area is 280 Å². The van der Waals surface area contributed by atoms with Crippen molar-refractivity contribution in [1.29, 1.82) is 0 Å². The molecule has 5 atom stereocenters. The number of ether oxygens (including phenoxy) is 2. The molecule has 5 rings (SSSR count). The summed E-state index contributed by atoms with van der Waals surface area (Å²) in [6, 6.07) is 11.0. The largest absolute Gasteiger partial charge is 0.513 e. The fourth-order valence-electron chi connectivity index (χ4n) is 5.94. The highest BCUT2D eigenvalue weighted by Crippen LogP contribution is 2.51. The first-order valence-electron chi connectivity index (χ1n) is 15.3. The smallest absolute Gasteiger partial charge is 0.480 e. The minimum absolute atomic E-state index is 0.00329. The van der Waals surface area contributed by atoms with Crippen molar-refractivity contribution in [2.45, 2.75) is 62.7 Å². The molecule has 2 saturated heterocycles. The number of thioether (sulfide) groups is 1. The van der Waals surface area contributed by atoms with Crippen LogP contribution in [-0.2, 0) is 23.9 Å². The first-order chi connectivity index (χ1) is 22.7. The zero-order valence-corrected chi connectivity index (χ0v) is 27.8. The average Bonchev–Trinajstić information content (AvgIpc) is 3.31. The van der Waals surface area contributed by atoms with Crippen LogP contribution in [0.15, 0.2) is 48.5 Å². The van der Waals surface area contributed by atoms with Gasteiger partial charge in [-0.05, 0) is 50.5 Å². The van der Waals surface area contributed by atoms with Crippen LogP contribution in [0.2, 0.25) is 0 Å². The average molecular weight is 677 g/mol. The SMILES string of the molecule is Cc1ccc2c(OC(=O)OCC(C)CNC=O)cc(C(=O)C(C(=O)N[C@@H]3C(=O)N4[C@@H]3SC(C)(C)[C@@H]4C(=O)O)c3ccccc3)nc2c1C. The summed E-state index contributed by atoms with van der Waals surface area (Å²) in [6.45, 7) is 9.16. The number of pyridine rings is 1. The Morgan fingerprint density at radius 1 is 1.12 bits per heavy atom. The molecule has 252 valence electrons. The first kappa shape index (κ1) is 34.4. The lowest BCUT2D eigenvalue weighted by atomic mass is 9.90. The van der Waals surface area contributed by atoms with Gasteiger partial charge in [-0.1, -0.05) is 43.3 Å². The second-order valence-corrected chi connectivity index (χ2v) is 14.3. The number of benzene rings is 2. The highest BCUT2D eigenvalue weighted by Gasteiger charge is 2.64. The highest BCUT2D eigenvalue weighted by molar-refractivity contribution is 8.01. The summed E-state index contributed by atoms with van der Waals surface area (Å²) in [6.07, 6.45) is -0.481. The molecule has 3 aromatic rings. The summed E-state index contributed by atoms with van der Waals surface area (Å²) in [5.41, 5.74) is 2.16. The number of hydrogen-bond donors (Lipinski definition) is 3. The predicted molar refractivity (Wildman–Crippen MR) is 176 cm³/mol. The van der Waals surface area contributed by atoms with Crippen LogP contribution in [0.3, 0.4) is 0 Å². The number of ketones is 1. The summed E-state index contributed by atoms with van der Waals surface area (Å²) in [5.74, 6) is -4.78. The van der Waals surface area contributed by atoms with Gasteiger partial charge < -0.3 is 30.1 Å². The van der Waals surface area contributed by atoms with E-state index in [1.165, 1.54) is 22.7 Å². The van der Waals surface area contributed by atoms with Gasteiger partial charge in [0, 0.05) is 28.7 Å². The van der Waals surface area contributed by atoms with Crippen molar-refractivity contribution in [3.63, 3.8) is 0 Å². The number of carboxylic acid groups (broad SMARTS) is 1. The molecule has 48 heavy (non-hydrogen) atoms. The number of rotatable bonds is 12. The Morgan fingerprint density at radius 2 is 1.83 bits per heavy atom. The highest BCUT2D eigenvalue weighted by atomic mass is 32.2. The second-order valence-electron chi connectivity index (χ2n) is 12.5. The lowest BCUT2D eigenvalue weighted by molar-refractivity contribution is -0.161. The van der Waals surface area contributed by atoms with Crippen molar-refractivity contribution in [2.75, 3.05) is 13.2 Å². The normalized spacial score (nSPS) is 20.6. The standard InChI is InChI=1S/C34H36N4O9S/c1-17(14-35-16-39)15-46-33(45)47-23-13-22(36-25-19(3)18(2)11-12-21(23)25)27(40)24(20-9-7-6-8-10-20)29(41)37-26-30(42)38-28(32(43)44)34(4,5)48-31(26)38/h6-13,16-17,24,26,28,31H,14-15H2,1-5H3,(H,35,39)(H,37,41)(H,43,44)/t17?,24?,26-,28+,31-/m1/s1. The number of carbonyl (C=O) groups is 6. The molecule has 0 spiro atoms. The number of carboxylic acids is 1. The van der Waals surface area contributed by atoms with Gasteiger partial charge in [0.1, 0.15) is 34.8 Å². The number of nitrogens with zero attached hydrogens (tertiary/aromatic N) is 2. The van der Waals surface area contributed by atoms with Crippen LogP contribution in [0.25, 0.3) is 10.9 Å². The number of nitrogens with one attached hydrogen (secondary N) is 2. The van der Waals surface area contributed by atoms with Gasteiger partial charge in [-0.2, -0.15) is 0 Å². The van der Waals surface area contributed by atoms with Crippen molar-refractivity contribution < 1.29 is 43.3 Å². The minimum atomic E-state index is -1.44. The van der Waals surface area contributed by atoms with Gasteiger partial charge in [0.05, 0.1) is 12.1 Å². The Balaban J connectivity index is 1.46. The molecule has 2 unspecified atom stereocenters. The lowest BCUT2D eigenvalue weighted by Crippen LogP contribution is -2.71. The quantitative estimate of drug-likeness (QED) is 0.0842. The van der Waals surface area contributed by atoms with Crippen LogP contribution in [0.1, 0.15) is 53.9 Å². The van der Waals surface area contributed by atoms with Gasteiger partial charge in [-0.3, -0.25) is 19.2 Å². The minimum Gasteiger partial charge on any atom is -0.480 e. The molecular weight excluding hydrogens is 640 g/mol. The van der Waals surface area contributed by atoms with Crippen molar-refractivity contribution in [3.05, 3.63) is 70.9 Å². The van der Waals surface area contributed by atoms with Crippen LogP contribution >= 0.6 is 11.8 Å². The van der Waals surface area contributed by atoms with Crippen molar-refractivity contribution >= 4 is 58.8 Å². The molecule has 13 nitrogen and oxygen atoms in total. The molecule has 1 aromatic heterocycles. The van der Waals surface area contributed by atoms with Gasteiger partial charge in [-0.25, -0.2) is 14.6 Å². The van der Waals surface area contributed by atoms with E-state index >= 15 is 0 Å². The summed E-state index contributed by atoms with van der Waals surface area (Å²) >= 11 is 1.27. The Hall–Kier alpha value is -4.98. The molecule has 2 aliphatic rings. The third-order valence-electron chi connectivity index (χ3n) is 8.58. The zero-order chi connectivity index (χ0) is 34.9. The number of carbonyl (C=O) groups excluding carboxylic acids is 5. The summed E-state index contributed by atoms with van der Waals surface area (Å²) < 4.78 is 10.0. The van der Waals surface area contributed by atoms with E-state index in [0.717, 1.165) is 11.1 Å². The number of aryl methyl sites for hydroxylation is 2. The van der Waals surface area contributed by atoms with E-state index in [2.05, 4.69) is 15.6 Å². The van der Waals surface area contributed by atoms with Gasteiger partial charge >= 0.3 is 12.1 Å². The van der Waals surface area contributed by atoms with Crippen molar-refractivity contribution in [2.24, 2.45) is 5.92 Å². The van der Waals surface area contributed by atoms with E-state index in [1.807, 2.05) is 19.9 Å². The van der Waals surface area contributed by atoms with Gasteiger partial charge in [0.2, 0.25) is 18.2 Å². The topological polar surface area (TPSA) is 181 Å². The Morgan fingerprint density at radius 3 is 2.50 bits per heavy atom. The predicted octanol–water partition coefficient (Wildman–Crippen LogP) is 3.35. The van der Waals surface area contributed by atoms with Crippen LogP contribution in [0, 0.1) is 19.8 Å². The first-order valence-corrected chi connectivity index (χ1v) is 16.2. The number of aromatic nitrogens is 1. The third-order valence-corrected chi connectivity index (χ3v) is 10.1. The van der Waals surface area contributed by atoms with Gasteiger partial charge in [0.25, 0.3) is 0 Å². The molecule has 14 heteroatoms. The molecule has 0 radical (unpaired) electrons. The molecule has 0 bridgehead atoms. The number of amides is 3. The van der Waals surface area contributed by atoms with Crippen LogP contribution in [0.5, 0.6) is 5.75 Å². The summed E-state index contributed by atoms with van der Waals surface area (Å²) in [7, 11) is 0. The fraction of sp³-hybridized carbons (Fsp3) is 0.382. The van der Waals surface area contributed by atoms with Crippen molar-refractivity contribution in [3.8, 4) is 5.75 Å². The molecule has 3 amide bonds. The summed E-state index contributed by atoms with van der Waals surface area (Å²) in [4.78, 5) is 82.6. The number of β-lactam (4-membered cyclic amide) rings is 1. The monoisotopic (exact) mass is 676 g/mol. The second kappa shape index (κ2) is 13.6. The number of aliphatic carboxylic acids is 1. The molecular formula is C34H36N4O9S. The maximum absolute atomic E-state index is 14.3. The molecule has 3 heterocycles. The molecule has 2 aromatic carbocycles. The van der Waals surface area contributed by atoms with E-state index in [1.54, 1.807) is 57.2 Å². The Bertz CT molecular complexity index is 1800. The van der Waals surface area contributed by atoms with E-state index in [0.29, 0.717) is 22.9 Å². The van der Waals surface area contributed by atoms with Gasteiger partial charge in [0.15, 0.2) is 5.78 Å². The lowest BCUT2D eigenvalue weighted by Gasteiger charge is -2.43. The fourth-order valence-corrected chi connectivity index (χ4v) is 7.57. The van der Waals surface area contributed by atoms with E-state index in [-0.39, 0.29) is 30.5 Å². The summed E-state index contributed by atoms with van der Waals surface area (Å²) in [5, 5.41) is 14.8. The van der Waals surface area contributed by atoms with Crippen molar-refractivity contribution in [1.82, 2.24) is 20.5 Å². The maximum Gasteiger partial charge on any atom is 0.513 e. The van der Waals surface area contributed by atoms with E-state index in [9.17, 15) is 33.9 Å². The molecule has 0 aliphatic carbocycles. The maximum atomic E-state index is 14.3. The number of Topliss-reactive ketones (excluding diaryl/α,β-unsaturated/α-hetero) is 1.